The SMILES string of the molecule is Cc1cc(C)c(C#N)c(NCCOc2cccc(N)c2)n1. The second-order valence-electron chi connectivity index (χ2n) is 4.76. The van der Waals surface area contributed by atoms with E-state index < -0.39 is 0 Å². The lowest BCUT2D eigenvalue weighted by atomic mass is 10.1. The zero-order valence-electron chi connectivity index (χ0n) is 12.2. The summed E-state index contributed by atoms with van der Waals surface area (Å²) in [4.78, 5) is 4.35. The van der Waals surface area contributed by atoms with Crippen LogP contribution in [0.15, 0.2) is 30.3 Å². The van der Waals surface area contributed by atoms with Gasteiger partial charge in [-0.05, 0) is 37.6 Å². The molecule has 0 amide bonds. The molecule has 1 heterocycles. The minimum atomic E-state index is 0.461. The van der Waals surface area contributed by atoms with E-state index in [4.69, 9.17) is 10.5 Å². The van der Waals surface area contributed by atoms with Crippen LogP contribution in [0.2, 0.25) is 0 Å². The second kappa shape index (κ2) is 6.62. The van der Waals surface area contributed by atoms with Crippen molar-refractivity contribution in [3.63, 3.8) is 0 Å². The minimum absolute atomic E-state index is 0.461. The highest BCUT2D eigenvalue weighted by Gasteiger charge is 2.07. The largest absolute Gasteiger partial charge is 0.492 e. The molecule has 2 rings (SSSR count). The van der Waals surface area contributed by atoms with Gasteiger partial charge >= 0.3 is 0 Å². The molecule has 5 nitrogen and oxygen atoms in total. The van der Waals surface area contributed by atoms with E-state index in [0.29, 0.717) is 30.2 Å². The standard InChI is InChI=1S/C16H18N4O/c1-11-8-12(2)20-16(15(11)10-17)19-6-7-21-14-5-3-4-13(18)9-14/h3-5,8-9H,6-7,18H2,1-2H3,(H,19,20). The molecule has 0 unspecified atom stereocenters. The number of nitrogens with zero attached hydrogens (tertiary/aromatic N) is 2. The van der Waals surface area contributed by atoms with Crippen molar-refractivity contribution in [2.24, 2.45) is 0 Å². The lowest BCUT2D eigenvalue weighted by Crippen LogP contribution is -2.14. The first-order chi connectivity index (χ1) is 10.1. The van der Waals surface area contributed by atoms with Crippen molar-refractivity contribution in [1.82, 2.24) is 4.98 Å². The first-order valence-electron chi connectivity index (χ1n) is 6.70. The van der Waals surface area contributed by atoms with Gasteiger partial charge in [-0.1, -0.05) is 6.07 Å². The molecule has 0 bridgehead atoms. The Morgan fingerprint density at radius 2 is 2.14 bits per heavy atom. The number of nitrogens with one attached hydrogen (secondary N) is 1. The third-order valence-electron chi connectivity index (χ3n) is 2.98. The number of pyridine rings is 1. The quantitative estimate of drug-likeness (QED) is 0.650. The van der Waals surface area contributed by atoms with E-state index in [9.17, 15) is 5.26 Å². The summed E-state index contributed by atoms with van der Waals surface area (Å²) in [7, 11) is 0. The van der Waals surface area contributed by atoms with Gasteiger partial charge in [-0.2, -0.15) is 5.26 Å². The monoisotopic (exact) mass is 282 g/mol. The molecule has 2 aromatic rings. The number of ether oxygens (including phenoxy) is 1. The Hall–Kier alpha value is -2.74. The Kier molecular flexibility index (Phi) is 4.62. The maximum Gasteiger partial charge on any atom is 0.144 e. The smallest absolute Gasteiger partial charge is 0.144 e. The van der Waals surface area contributed by atoms with Gasteiger partial charge in [0.1, 0.15) is 24.2 Å². The van der Waals surface area contributed by atoms with Crippen LogP contribution in [0.25, 0.3) is 0 Å². The average Bonchev–Trinajstić information content (AvgIpc) is 2.43. The zero-order chi connectivity index (χ0) is 15.2. The molecule has 0 atom stereocenters. The number of rotatable bonds is 5. The number of aromatic nitrogens is 1. The van der Waals surface area contributed by atoms with Crippen molar-refractivity contribution >= 4 is 11.5 Å². The first-order valence-corrected chi connectivity index (χ1v) is 6.70. The van der Waals surface area contributed by atoms with E-state index in [2.05, 4.69) is 16.4 Å². The summed E-state index contributed by atoms with van der Waals surface area (Å²) in [6.07, 6.45) is 0. The van der Waals surface area contributed by atoms with Gasteiger partial charge in [0.05, 0.1) is 12.1 Å². The molecule has 0 saturated heterocycles. The number of benzene rings is 1. The van der Waals surface area contributed by atoms with Crippen LogP contribution >= 0.6 is 0 Å². The van der Waals surface area contributed by atoms with Gasteiger partial charge in [0.15, 0.2) is 0 Å². The predicted octanol–water partition coefficient (Wildman–Crippen LogP) is 2.64. The van der Waals surface area contributed by atoms with Crippen molar-refractivity contribution in [2.75, 3.05) is 24.2 Å². The van der Waals surface area contributed by atoms with E-state index >= 15 is 0 Å². The second-order valence-corrected chi connectivity index (χ2v) is 4.76. The fourth-order valence-corrected chi connectivity index (χ4v) is 2.05. The van der Waals surface area contributed by atoms with Crippen molar-refractivity contribution in [3.8, 4) is 11.8 Å². The highest BCUT2D eigenvalue weighted by molar-refractivity contribution is 5.56. The number of hydrogen-bond donors (Lipinski definition) is 2. The zero-order valence-corrected chi connectivity index (χ0v) is 12.2. The third kappa shape index (κ3) is 3.86. The van der Waals surface area contributed by atoms with Crippen LogP contribution in [-0.4, -0.2) is 18.1 Å². The molecule has 21 heavy (non-hydrogen) atoms. The normalized spacial score (nSPS) is 9.95. The number of nitrogens with two attached hydrogens (primary N) is 1. The molecule has 0 aliphatic rings. The van der Waals surface area contributed by atoms with Crippen molar-refractivity contribution in [2.45, 2.75) is 13.8 Å². The van der Waals surface area contributed by atoms with Gasteiger partial charge in [0.25, 0.3) is 0 Å². The Labute approximate surface area is 124 Å². The Balaban J connectivity index is 1.94. The predicted molar refractivity (Wildman–Crippen MR) is 83.3 cm³/mol. The van der Waals surface area contributed by atoms with Gasteiger partial charge in [0.2, 0.25) is 0 Å². The van der Waals surface area contributed by atoms with Crippen molar-refractivity contribution < 1.29 is 4.74 Å². The number of anilines is 2. The minimum Gasteiger partial charge on any atom is -0.492 e. The molecule has 1 aromatic heterocycles. The van der Waals surface area contributed by atoms with Crippen LogP contribution in [0.3, 0.4) is 0 Å². The van der Waals surface area contributed by atoms with Crippen molar-refractivity contribution in [3.05, 3.63) is 47.2 Å². The number of nitriles is 1. The summed E-state index contributed by atoms with van der Waals surface area (Å²) in [5, 5.41) is 12.3. The van der Waals surface area contributed by atoms with Crippen LogP contribution in [-0.2, 0) is 0 Å². The molecule has 0 aliphatic carbocycles. The van der Waals surface area contributed by atoms with Crippen LogP contribution in [0.5, 0.6) is 5.75 Å². The summed E-state index contributed by atoms with van der Waals surface area (Å²) in [6.45, 7) is 4.83. The summed E-state index contributed by atoms with van der Waals surface area (Å²) in [6, 6.07) is 11.4. The maximum absolute atomic E-state index is 9.18. The molecule has 1 aromatic carbocycles. The first kappa shape index (κ1) is 14.7. The summed E-state index contributed by atoms with van der Waals surface area (Å²) >= 11 is 0. The van der Waals surface area contributed by atoms with Crippen LogP contribution < -0.4 is 15.8 Å². The van der Waals surface area contributed by atoms with Crippen LogP contribution in [0, 0.1) is 25.2 Å². The number of aryl methyl sites for hydroxylation is 2. The fraction of sp³-hybridized carbons (Fsp3) is 0.250. The fourth-order valence-electron chi connectivity index (χ4n) is 2.05. The highest BCUT2D eigenvalue weighted by atomic mass is 16.5. The molecule has 0 radical (unpaired) electrons. The van der Waals surface area contributed by atoms with Gasteiger partial charge in [-0.25, -0.2) is 4.98 Å². The third-order valence-corrected chi connectivity index (χ3v) is 2.98. The lowest BCUT2D eigenvalue weighted by Gasteiger charge is -2.11. The van der Waals surface area contributed by atoms with Crippen molar-refractivity contribution in [1.29, 1.82) is 5.26 Å². The molecule has 108 valence electrons. The Morgan fingerprint density at radius 3 is 2.86 bits per heavy atom. The number of hydrogen-bond acceptors (Lipinski definition) is 5. The Morgan fingerprint density at radius 1 is 1.33 bits per heavy atom. The van der Waals surface area contributed by atoms with Gasteiger partial charge in [0, 0.05) is 17.4 Å². The summed E-state index contributed by atoms with van der Waals surface area (Å²) < 4.78 is 5.59. The van der Waals surface area contributed by atoms with Crippen LogP contribution in [0.1, 0.15) is 16.8 Å². The molecule has 0 fully saturated rings. The molecular weight excluding hydrogens is 264 g/mol. The average molecular weight is 282 g/mol. The molecule has 5 heteroatoms. The number of nitrogen functional groups attached to an aromatic ring is 1. The lowest BCUT2D eigenvalue weighted by molar-refractivity contribution is 0.333. The van der Waals surface area contributed by atoms with E-state index in [1.807, 2.05) is 38.1 Å². The summed E-state index contributed by atoms with van der Waals surface area (Å²) in [5.41, 5.74) is 8.73. The summed E-state index contributed by atoms with van der Waals surface area (Å²) in [5.74, 6) is 1.33. The van der Waals surface area contributed by atoms with E-state index in [1.54, 1.807) is 6.07 Å². The van der Waals surface area contributed by atoms with Gasteiger partial charge in [-0.3, -0.25) is 0 Å². The van der Waals surface area contributed by atoms with E-state index in [1.165, 1.54) is 0 Å². The molecule has 0 aliphatic heterocycles. The molecule has 0 spiro atoms. The van der Waals surface area contributed by atoms with Gasteiger partial charge in [-0.15, -0.1) is 0 Å². The van der Waals surface area contributed by atoms with Gasteiger partial charge < -0.3 is 15.8 Å². The molecular formula is C16H18N4O. The van der Waals surface area contributed by atoms with E-state index in [0.717, 1.165) is 17.0 Å². The molecule has 3 N–H and O–H groups in total. The van der Waals surface area contributed by atoms with Crippen LogP contribution in [0.4, 0.5) is 11.5 Å². The van der Waals surface area contributed by atoms with E-state index in [-0.39, 0.29) is 0 Å². The highest BCUT2D eigenvalue weighted by Crippen LogP contribution is 2.17. The molecule has 0 saturated carbocycles. The maximum atomic E-state index is 9.18. The Bertz CT molecular complexity index is 676. The topological polar surface area (TPSA) is 84.0 Å².